The lowest BCUT2D eigenvalue weighted by Crippen LogP contribution is -2.50. The van der Waals surface area contributed by atoms with Gasteiger partial charge in [-0.25, -0.2) is 0 Å². The molecule has 100 valence electrons. The number of hydrogen-bond donors (Lipinski definition) is 1. The summed E-state index contributed by atoms with van der Waals surface area (Å²) in [6, 6.07) is 5.13. The highest BCUT2D eigenvalue weighted by Gasteiger charge is 2.24. The number of nitrogens with zero attached hydrogens (tertiary/aromatic N) is 3. The van der Waals surface area contributed by atoms with Gasteiger partial charge in [0.05, 0.1) is 0 Å². The van der Waals surface area contributed by atoms with Gasteiger partial charge in [-0.15, -0.1) is 0 Å². The summed E-state index contributed by atoms with van der Waals surface area (Å²) in [6.45, 7) is 9.67. The van der Waals surface area contributed by atoms with E-state index in [1.807, 2.05) is 12.4 Å². The molecule has 1 aromatic heterocycles. The minimum atomic E-state index is 0.335. The van der Waals surface area contributed by atoms with Crippen LogP contribution in [-0.2, 0) is 0 Å². The molecule has 0 aromatic carbocycles. The Labute approximate surface area is 110 Å². The van der Waals surface area contributed by atoms with Crippen molar-refractivity contribution < 1.29 is 0 Å². The highest BCUT2D eigenvalue weighted by Crippen LogP contribution is 2.21. The minimum absolute atomic E-state index is 0.335. The molecule has 2 rings (SSSR count). The number of piperazine rings is 1. The molecule has 1 unspecified atom stereocenters. The Bertz CT molecular complexity index is 344. The first kappa shape index (κ1) is 13.5. The Hall–Kier alpha value is -0.970. The van der Waals surface area contributed by atoms with Gasteiger partial charge in [0.2, 0.25) is 0 Å². The predicted molar refractivity (Wildman–Crippen MR) is 74.3 cm³/mol. The maximum atomic E-state index is 5.95. The van der Waals surface area contributed by atoms with Gasteiger partial charge in [-0.3, -0.25) is 14.8 Å². The van der Waals surface area contributed by atoms with E-state index in [1.54, 1.807) is 0 Å². The molecule has 1 fully saturated rings. The monoisotopic (exact) mass is 248 g/mol. The highest BCUT2D eigenvalue weighted by atomic mass is 15.3. The van der Waals surface area contributed by atoms with E-state index in [-0.39, 0.29) is 0 Å². The molecule has 4 nitrogen and oxygen atoms in total. The maximum Gasteiger partial charge on any atom is 0.0472 e. The molecule has 1 atom stereocenters. The Morgan fingerprint density at radius 3 is 2.17 bits per heavy atom. The van der Waals surface area contributed by atoms with Crippen LogP contribution in [0.15, 0.2) is 24.5 Å². The summed E-state index contributed by atoms with van der Waals surface area (Å²) in [6.07, 6.45) is 3.70. The standard InChI is InChI=1S/C14H24N4/c1-12(2)17-7-9-18(10-8-17)14(11-15)13-3-5-16-6-4-13/h3-6,12,14H,7-11,15H2,1-2H3. The second-order valence-corrected chi connectivity index (χ2v) is 5.20. The summed E-state index contributed by atoms with van der Waals surface area (Å²) in [4.78, 5) is 9.09. The van der Waals surface area contributed by atoms with Gasteiger partial charge in [0, 0.05) is 57.2 Å². The lowest BCUT2D eigenvalue weighted by atomic mass is 10.1. The van der Waals surface area contributed by atoms with Crippen molar-refractivity contribution in [2.45, 2.75) is 25.9 Å². The van der Waals surface area contributed by atoms with Gasteiger partial charge in [0.25, 0.3) is 0 Å². The number of aromatic nitrogens is 1. The summed E-state index contributed by atoms with van der Waals surface area (Å²) in [5, 5.41) is 0. The number of rotatable bonds is 4. The van der Waals surface area contributed by atoms with Crippen LogP contribution in [0.1, 0.15) is 25.5 Å². The van der Waals surface area contributed by atoms with Crippen molar-refractivity contribution in [3.05, 3.63) is 30.1 Å². The molecule has 0 radical (unpaired) electrons. The highest BCUT2D eigenvalue weighted by molar-refractivity contribution is 5.16. The van der Waals surface area contributed by atoms with Gasteiger partial charge in [-0.1, -0.05) is 0 Å². The lowest BCUT2D eigenvalue weighted by molar-refractivity contribution is 0.0802. The Morgan fingerprint density at radius 1 is 1.11 bits per heavy atom. The third-order valence-corrected chi connectivity index (χ3v) is 3.83. The van der Waals surface area contributed by atoms with E-state index in [4.69, 9.17) is 5.73 Å². The summed E-state index contributed by atoms with van der Waals surface area (Å²) < 4.78 is 0. The van der Waals surface area contributed by atoms with E-state index in [9.17, 15) is 0 Å². The Kier molecular flexibility index (Phi) is 4.69. The van der Waals surface area contributed by atoms with Crippen molar-refractivity contribution >= 4 is 0 Å². The lowest BCUT2D eigenvalue weighted by Gasteiger charge is -2.40. The van der Waals surface area contributed by atoms with Crippen molar-refractivity contribution in [1.29, 1.82) is 0 Å². The zero-order valence-electron chi connectivity index (χ0n) is 11.4. The molecule has 2 N–H and O–H groups in total. The molecule has 18 heavy (non-hydrogen) atoms. The maximum absolute atomic E-state index is 5.95. The number of nitrogens with two attached hydrogens (primary N) is 1. The third kappa shape index (κ3) is 3.07. The summed E-state index contributed by atoms with van der Waals surface area (Å²) >= 11 is 0. The van der Waals surface area contributed by atoms with Crippen LogP contribution in [0.4, 0.5) is 0 Å². The van der Waals surface area contributed by atoms with Crippen molar-refractivity contribution in [2.75, 3.05) is 32.7 Å². The van der Waals surface area contributed by atoms with Crippen LogP contribution >= 0.6 is 0 Å². The first-order valence-corrected chi connectivity index (χ1v) is 6.80. The van der Waals surface area contributed by atoms with E-state index >= 15 is 0 Å². The van der Waals surface area contributed by atoms with Crippen molar-refractivity contribution in [3.63, 3.8) is 0 Å². The van der Waals surface area contributed by atoms with E-state index < -0.39 is 0 Å². The van der Waals surface area contributed by atoms with Crippen molar-refractivity contribution in [3.8, 4) is 0 Å². The topological polar surface area (TPSA) is 45.4 Å². The van der Waals surface area contributed by atoms with Crippen LogP contribution in [0.25, 0.3) is 0 Å². The molecule has 0 spiro atoms. The van der Waals surface area contributed by atoms with E-state index in [0.717, 1.165) is 26.2 Å². The summed E-state index contributed by atoms with van der Waals surface area (Å²) in [5.41, 5.74) is 7.24. The molecule has 0 amide bonds. The zero-order chi connectivity index (χ0) is 13.0. The summed E-state index contributed by atoms with van der Waals surface area (Å²) in [7, 11) is 0. The minimum Gasteiger partial charge on any atom is -0.329 e. The van der Waals surface area contributed by atoms with Gasteiger partial charge in [-0.05, 0) is 31.5 Å². The van der Waals surface area contributed by atoms with Gasteiger partial charge >= 0.3 is 0 Å². The number of pyridine rings is 1. The molecule has 1 aromatic rings. The zero-order valence-corrected chi connectivity index (χ0v) is 11.4. The molecule has 0 bridgehead atoms. The first-order chi connectivity index (χ1) is 8.72. The third-order valence-electron chi connectivity index (χ3n) is 3.83. The molecular formula is C14H24N4. The van der Waals surface area contributed by atoms with Crippen LogP contribution < -0.4 is 5.73 Å². The quantitative estimate of drug-likeness (QED) is 0.867. The number of hydrogen-bond acceptors (Lipinski definition) is 4. The van der Waals surface area contributed by atoms with E-state index in [2.05, 4.69) is 40.8 Å². The van der Waals surface area contributed by atoms with Crippen LogP contribution in [0.5, 0.6) is 0 Å². The van der Waals surface area contributed by atoms with Gasteiger partial charge < -0.3 is 5.73 Å². The van der Waals surface area contributed by atoms with Crippen LogP contribution in [0.2, 0.25) is 0 Å². The molecule has 4 heteroatoms. The largest absolute Gasteiger partial charge is 0.329 e. The van der Waals surface area contributed by atoms with Crippen molar-refractivity contribution in [1.82, 2.24) is 14.8 Å². The smallest absolute Gasteiger partial charge is 0.0472 e. The Balaban J connectivity index is 1.99. The summed E-state index contributed by atoms with van der Waals surface area (Å²) in [5.74, 6) is 0. The fraction of sp³-hybridized carbons (Fsp3) is 0.643. The molecule has 1 saturated heterocycles. The SMILES string of the molecule is CC(C)N1CCN(C(CN)c2ccncc2)CC1. The predicted octanol–water partition coefficient (Wildman–Crippen LogP) is 1.11. The van der Waals surface area contributed by atoms with Crippen molar-refractivity contribution in [2.24, 2.45) is 5.73 Å². The van der Waals surface area contributed by atoms with Crippen LogP contribution in [0.3, 0.4) is 0 Å². The normalized spacial score (nSPS) is 20.2. The molecule has 1 aliphatic rings. The fourth-order valence-corrected chi connectivity index (χ4v) is 2.65. The molecule has 1 aliphatic heterocycles. The Morgan fingerprint density at radius 2 is 1.67 bits per heavy atom. The van der Waals surface area contributed by atoms with Gasteiger partial charge in [0.15, 0.2) is 0 Å². The molecule has 0 saturated carbocycles. The average Bonchev–Trinajstić information content (AvgIpc) is 2.41. The van der Waals surface area contributed by atoms with E-state index in [0.29, 0.717) is 18.6 Å². The molecule has 0 aliphatic carbocycles. The van der Waals surface area contributed by atoms with Crippen LogP contribution in [0, 0.1) is 0 Å². The first-order valence-electron chi connectivity index (χ1n) is 6.80. The fourth-order valence-electron chi connectivity index (χ4n) is 2.65. The van der Waals surface area contributed by atoms with Crippen LogP contribution in [-0.4, -0.2) is 53.5 Å². The van der Waals surface area contributed by atoms with Gasteiger partial charge in [0.1, 0.15) is 0 Å². The molecular weight excluding hydrogens is 224 g/mol. The second-order valence-electron chi connectivity index (χ2n) is 5.20. The molecule has 2 heterocycles. The average molecular weight is 248 g/mol. The van der Waals surface area contributed by atoms with E-state index in [1.165, 1.54) is 5.56 Å². The van der Waals surface area contributed by atoms with Gasteiger partial charge in [-0.2, -0.15) is 0 Å². The second kappa shape index (κ2) is 6.27.